The zero-order valence-corrected chi connectivity index (χ0v) is 22.4. The molecule has 1 amide bonds. The van der Waals surface area contributed by atoms with Gasteiger partial charge in [0.15, 0.2) is 0 Å². The third-order valence-electron chi connectivity index (χ3n) is 6.34. The van der Waals surface area contributed by atoms with Crippen LogP contribution in [0, 0.1) is 0 Å². The molecule has 2 aromatic carbocycles. The maximum atomic E-state index is 13.4. The summed E-state index contributed by atoms with van der Waals surface area (Å²) in [5, 5.41) is 11.5. The van der Waals surface area contributed by atoms with Crippen molar-refractivity contribution in [1.82, 2.24) is 9.80 Å². The minimum Gasteiger partial charge on any atom is -0.507 e. The third-order valence-corrected chi connectivity index (χ3v) is 6.34. The SMILES string of the molecule is CCOc1ccc(/C(O)=C2\C(=O)C(=O)N(CCCN(C)C)C2c2ccccc2OC)cc1C(C)(C)C. The van der Waals surface area contributed by atoms with Crippen molar-refractivity contribution >= 4 is 17.4 Å². The zero-order valence-electron chi connectivity index (χ0n) is 22.4. The van der Waals surface area contributed by atoms with Crippen LogP contribution in [0.15, 0.2) is 48.0 Å². The molecular formula is C29H38N2O5. The maximum Gasteiger partial charge on any atom is 0.295 e. The number of Topliss-reactive ketones (excluding diaryl/α,β-unsaturated/α-hetero) is 1. The van der Waals surface area contributed by atoms with Gasteiger partial charge in [0, 0.05) is 23.2 Å². The molecular weight excluding hydrogens is 456 g/mol. The van der Waals surface area contributed by atoms with Crippen LogP contribution < -0.4 is 9.47 Å². The molecule has 0 aromatic heterocycles. The zero-order chi connectivity index (χ0) is 26.6. The van der Waals surface area contributed by atoms with E-state index >= 15 is 0 Å². The van der Waals surface area contributed by atoms with Crippen molar-refractivity contribution in [1.29, 1.82) is 0 Å². The van der Waals surface area contributed by atoms with Crippen LogP contribution in [0.2, 0.25) is 0 Å². The number of rotatable bonds is 9. The normalized spacial score (nSPS) is 17.7. The number of ketones is 1. The van der Waals surface area contributed by atoms with Gasteiger partial charge < -0.3 is 24.4 Å². The van der Waals surface area contributed by atoms with Crippen molar-refractivity contribution in [2.75, 3.05) is 40.9 Å². The summed E-state index contributed by atoms with van der Waals surface area (Å²) in [5.41, 5.74) is 1.84. The topological polar surface area (TPSA) is 79.3 Å². The van der Waals surface area contributed by atoms with Crippen LogP contribution >= 0.6 is 0 Å². The van der Waals surface area contributed by atoms with Gasteiger partial charge in [-0.05, 0) is 63.7 Å². The summed E-state index contributed by atoms with van der Waals surface area (Å²) in [6.45, 7) is 9.76. The number of methoxy groups -OCH3 is 1. The molecule has 1 aliphatic rings. The highest BCUT2D eigenvalue weighted by Gasteiger charge is 2.46. The summed E-state index contributed by atoms with van der Waals surface area (Å²) < 4.78 is 11.4. The molecule has 1 fully saturated rings. The van der Waals surface area contributed by atoms with Crippen molar-refractivity contribution in [2.24, 2.45) is 0 Å². The molecule has 1 aliphatic heterocycles. The Bertz CT molecular complexity index is 1150. The number of hydrogen-bond acceptors (Lipinski definition) is 6. The van der Waals surface area contributed by atoms with E-state index in [0.717, 1.165) is 17.9 Å². The van der Waals surface area contributed by atoms with E-state index in [2.05, 4.69) is 20.8 Å². The van der Waals surface area contributed by atoms with Gasteiger partial charge >= 0.3 is 0 Å². The third kappa shape index (κ3) is 5.57. The Morgan fingerprint density at radius 3 is 2.39 bits per heavy atom. The van der Waals surface area contributed by atoms with Gasteiger partial charge in [-0.1, -0.05) is 39.0 Å². The number of likely N-dealkylation sites (tertiary alicyclic amines) is 1. The first-order chi connectivity index (χ1) is 17.0. The van der Waals surface area contributed by atoms with Crippen molar-refractivity contribution in [2.45, 2.75) is 45.6 Å². The van der Waals surface area contributed by atoms with Crippen molar-refractivity contribution < 1.29 is 24.2 Å². The quantitative estimate of drug-likeness (QED) is 0.308. The number of amides is 1. The van der Waals surface area contributed by atoms with Gasteiger partial charge in [-0.2, -0.15) is 0 Å². The van der Waals surface area contributed by atoms with Crippen LogP contribution in [0.3, 0.4) is 0 Å². The lowest BCUT2D eigenvalue weighted by atomic mass is 9.84. The molecule has 3 rings (SSSR count). The number of hydrogen-bond donors (Lipinski definition) is 1. The fourth-order valence-electron chi connectivity index (χ4n) is 4.58. The molecule has 2 aromatic rings. The Labute approximate surface area is 214 Å². The molecule has 7 nitrogen and oxygen atoms in total. The van der Waals surface area contributed by atoms with Gasteiger partial charge in [-0.25, -0.2) is 0 Å². The summed E-state index contributed by atoms with van der Waals surface area (Å²) >= 11 is 0. The second kappa shape index (κ2) is 11.2. The van der Waals surface area contributed by atoms with E-state index in [1.807, 2.05) is 56.3 Å². The maximum absolute atomic E-state index is 13.4. The van der Waals surface area contributed by atoms with E-state index < -0.39 is 17.7 Å². The average Bonchev–Trinajstić information content (AvgIpc) is 3.08. The number of carbonyl (C=O) groups is 2. The highest BCUT2D eigenvalue weighted by Crippen LogP contribution is 2.43. The fraction of sp³-hybridized carbons (Fsp3) is 0.448. The van der Waals surface area contributed by atoms with Crippen LogP contribution in [0.25, 0.3) is 5.76 Å². The molecule has 7 heteroatoms. The Balaban J connectivity index is 2.20. The summed E-state index contributed by atoms with van der Waals surface area (Å²) in [7, 11) is 5.48. The van der Waals surface area contributed by atoms with E-state index in [0.29, 0.717) is 36.4 Å². The van der Waals surface area contributed by atoms with Crippen molar-refractivity contribution in [3.05, 3.63) is 64.7 Å². The molecule has 1 unspecified atom stereocenters. The average molecular weight is 495 g/mol. The Kier molecular flexibility index (Phi) is 8.46. The lowest BCUT2D eigenvalue weighted by Gasteiger charge is -2.27. The molecule has 194 valence electrons. The lowest BCUT2D eigenvalue weighted by molar-refractivity contribution is -0.140. The van der Waals surface area contributed by atoms with Gasteiger partial charge in [-0.3, -0.25) is 9.59 Å². The monoisotopic (exact) mass is 494 g/mol. The summed E-state index contributed by atoms with van der Waals surface area (Å²) in [5.74, 6) is -0.234. The van der Waals surface area contributed by atoms with E-state index in [-0.39, 0.29) is 16.7 Å². The number of aliphatic hydroxyl groups excluding tert-OH is 1. The van der Waals surface area contributed by atoms with Crippen molar-refractivity contribution in [3.63, 3.8) is 0 Å². The van der Waals surface area contributed by atoms with E-state index in [1.165, 1.54) is 0 Å². The Morgan fingerprint density at radius 2 is 1.78 bits per heavy atom. The van der Waals surface area contributed by atoms with Crippen LogP contribution in [0.5, 0.6) is 11.5 Å². The second-order valence-corrected chi connectivity index (χ2v) is 10.3. The number of benzene rings is 2. The molecule has 1 atom stereocenters. The molecule has 1 heterocycles. The number of aliphatic hydroxyl groups is 1. The van der Waals surface area contributed by atoms with Gasteiger partial charge in [0.2, 0.25) is 0 Å². The standard InChI is InChI=1S/C29H38N2O5/c1-8-36-23-15-14-19(18-21(23)29(2,3)4)26(32)24-25(20-12-9-10-13-22(20)35-7)31(28(34)27(24)33)17-11-16-30(5)6/h9-10,12-15,18,25,32H,8,11,16-17H2,1-7H3/b26-24+. The second-order valence-electron chi connectivity index (χ2n) is 10.3. The number of para-hydroxylation sites is 1. The summed E-state index contributed by atoms with van der Waals surface area (Å²) in [4.78, 5) is 30.2. The van der Waals surface area contributed by atoms with Crippen LogP contribution in [0.1, 0.15) is 56.8 Å². The first-order valence-corrected chi connectivity index (χ1v) is 12.3. The highest BCUT2D eigenvalue weighted by molar-refractivity contribution is 6.46. The fourth-order valence-corrected chi connectivity index (χ4v) is 4.58. The Morgan fingerprint density at radius 1 is 1.08 bits per heavy atom. The van der Waals surface area contributed by atoms with Gasteiger partial charge in [-0.15, -0.1) is 0 Å². The van der Waals surface area contributed by atoms with Crippen LogP contribution in [-0.4, -0.2) is 67.5 Å². The molecule has 0 saturated carbocycles. The summed E-state index contributed by atoms with van der Waals surface area (Å²) in [6.07, 6.45) is 0.683. The van der Waals surface area contributed by atoms with E-state index in [4.69, 9.17) is 9.47 Å². The minimum atomic E-state index is -0.757. The van der Waals surface area contributed by atoms with Crippen LogP contribution in [0.4, 0.5) is 0 Å². The number of carbonyl (C=O) groups excluding carboxylic acids is 2. The first kappa shape index (κ1) is 27.3. The van der Waals surface area contributed by atoms with Gasteiger partial charge in [0.1, 0.15) is 17.3 Å². The lowest BCUT2D eigenvalue weighted by Crippen LogP contribution is -2.32. The first-order valence-electron chi connectivity index (χ1n) is 12.3. The van der Waals surface area contributed by atoms with Crippen molar-refractivity contribution in [3.8, 4) is 11.5 Å². The minimum absolute atomic E-state index is 0.0679. The molecule has 0 spiro atoms. The largest absolute Gasteiger partial charge is 0.507 e. The Hall–Kier alpha value is -3.32. The summed E-state index contributed by atoms with van der Waals surface area (Å²) in [6, 6.07) is 11.9. The molecule has 36 heavy (non-hydrogen) atoms. The van der Waals surface area contributed by atoms with Gasteiger partial charge in [0.05, 0.1) is 25.3 Å². The molecule has 0 bridgehead atoms. The predicted octanol–water partition coefficient (Wildman–Crippen LogP) is 4.76. The van der Waals surface area contributed by atoms with Crippen LogP contribution in [-0.2, 0) is 15.0 Å². The highest BCUT2D eigenvalue weighted by atomic mass is 16.5. The van der Waals surface area contributed by atoms with E-state index in [9.17, 15) is 14.7 Å². The number of nitrogens with zero attached hydrogens (tertiary/aromatic N) is 2. The molecule has 1 saturated heterocycles. The van der Waals surface area contributed by atoms with Gasteiger partial charge in [0.25, 0.3) is 11.7 Å². The molecule has 0 aliphatic carbocycles. The predicted molar refractivity (Wildman–Crippen MR) is 141 cm³/mol. The molecule has 0 radical (unpaired) electrons. The smallest absolute Gasteiger partial charge is 0.295 e. The molecule has 1 N–H and O–H groups in total. The number of ether oxygens (including phenoxy) is 2. The van der Waals surface area contributed by atoms with E-state index in [1.54, 1.807) is 24.1 Å².